The van der Waals surface area contributed by atoms with Gasteiger partial charge < -0.3 is 9.84 Å². The molecule has 0 saturated carbocycles. The van der Waals surface area contributed by atoms with Gasteiger partial charge in [0, 0.05) is 27.3 Å². The number of aliphatic hydroxyl groups excluding tert-OH is 1. The predicted octanol–water partition coefficient (Wildman–Crippen LogP) is -0.723. The van der Waals surface area contributed by atoms with Crippen molar-refractivity contribution < 1.29 is 18.3 Å². The van der Waals surface area contributed by atoms with Crippen LogP contribution in [0.25, 0.3) is 0 Å². The number of hydrogen-bond acceptors (Lipinski definition) is 4. The van der Waals surface area contributed by atoms with Crippen LogP contribution in [0.4, 0.5) is 0 Å². The third-order valence-corrected chi connectivity index (χ3v) is 3.58. The molecule has 0 bridgehead atoms. The van der Waals surface area contributed by atoms with Crippen molar-refractivity contribution in [2.45, 2.75) is 6.42 Å². The van der Waals surface area contributed by atoms with Gasteiger partial charge in [-0.05, 0) is 6.42 Å². The maximum absolute atomic E-state index is 11.4. The summed E-state index contributed by atoms with van der Waals surface area (Å²) in [6, 6.07) is 0. The Labute approximate surface area is 79.4 Å². The standard InChI is InChI=1S/C7H17NO4S/c1-8(4-5-9)13(10,11)7-3-6-12-2/h9H,3-7H2,1-2H3. The van der Waals surface area contributed by atoms with E-state index in [9.17, 15) is 8.42 Å². The Morgan fingerprint density at radius 3 is 2.54 bits per heavy atom. The number of methoxy groups -OCH3 is 1. The average Bonchev–Trinajstić information content (AvgIpc) is 2.05. The molecule has 0 aliphatic heterocycles. The first-order valence-electron chi connectivity index (χ1n) is 4.08. The van der Waals surface area contributed by atoms with Gasteiger partial charge >= 0.3 is 0 Å². The lowest BCUT2D eigenvalue weighted by Crippen LogP contribution is -2.31. The van der Waals surface area contributed by atoms with E-state index in [4.69, 9.17) is 9.84 Å². The molecule has 0 radical (unpaired) electrons. The lowest BCUT2D eigenvalue weighted by Gasteiger charge is -2.15. The molecule has 80 valence electrons. The fourth-order valence-corrected chi connectivity index (χ4v) is 1.98. The highest BCUT2D eigenvalue weighted by molar-refractivity contribution is 7.89. The van der Waals surface area contributed by atoms with Gasteiger partial charge in [0.15, 0.2) is 0 Å². The van der Waals surface area contributed by atoms with Gasteiger partial charge in [-0.15, -0.1) is 0 Å². The van der Waals surface area contributed by atoms with Crippen molar-refractivity contribution in [2.24, 2.45) is 0 Å². The third-order valence-electron chi connectivity index (χ3n) is 1.64. The second-order valence-electron chi connectivity index (χ2n) is 2.71. The van der Waals surface area contributed by atoms with E-state index in [0.717, 1.165) is 4.31 Å². The Balaban J connectivity index is 3.92. The van der Waals surface area contributed by atoms with E-state index in [2.05, 4.69) is 0 Å². The first kappa shape index (κ1) is 12.8. The molecular formula is C7H17NO4S. The minimum Gasteiger partial charge on any atom is -0.395 e. The van der Waals surface area contributed by atoms with Gasteiger partial charge in [-0.3, -0.25) is 0 Å². The van der Waals surface area contributed by atoms with E-state index in [1.165, 1.54) is 14.2 Å². The molecule has 0 unspecified atom stereocenters. The molecule has 0 spiro atoms. The number of hydrogen-bond donors (Lipinski definition) is 1. The van der Waals surface area contributed by atoms with Crippen LogP contribution in [0.3, 0.4) is 0 Å². The molecule has 5 nitrogen and oxygen atoms in total. The number of likely N-dealkylation sites (N-methyl/N-ethyl adjacent to an activating group) is 1. The van der Waals surface area contributed by atoms with Crippen molar-refractivity contribution in [1.29, 1.82) is 0 Å². The molecule has 0 aromatic carbocycles. The Kier molecular flexibility index (Phi) is 6.23. The number of rotatable bonds is 7. The van der Waals surface area contributed by atoms with E-state index >= 15 is 0 Å². The summed E-state index contributed by atoms with van der Waals surface area (Å²) in [6.07, 6.45) is 0.481. The number of nitrogens with zero attached hydrogens (tertiary/aromatic N) is 1. The topological polar surface area (TPSA) is 66.8 Å². The van der Waals surface area contributed by atoms with Crippen LogP contribution in [0, 0.1) is 0 Å². The lowest BCUT2D eigenvalue weighted by atomic mass is 10.5. The molecule has 0 aliphatic rings. The molecule has 0 rings (SSSR count). The number of sulfonamides is 1. The maximum atomic E-state index is 11.4. The molecule has 1 N–H and O–H groups in total. The predicted molar refractivity (Wildman–Crippen MR) is 50.0 cm³/mol. The van der Waals surface area contributed by atoms with Crippen molar-refractivity contribution in [3.63, 3.8) is 0 Å². The van der Waals surface area contributed by atoms with Crippen molar-refractivity contribution in [2.75, 3.05) is 39.7 Å². The zero-order chi connectivity index (χ0) is 10.3. The van der Waals surface area contributed by atoms with Gasteiger partial charge in [-0.25, -0.2) is 12.7 Å². The van der Waals surface area contributed by atoms with E-state index in [1.54, 1.807) is 0 Å². The third kappa shape index (κ3) is 5.20. The minimum atomic E-state index is -3.20. The van der Waals surface area contributed by atoms with Crippen molar-refractivity contribution in [3.05, 3.63) is 0 Å². The van der Waals surface area contributed by atoms with Crippen molar-refractivity contribution in [3.8, 4) is 0 Å². The van der Waals surface area contributed by atoms with Crippen LogP contribution >= 0.6 is 0 Å². The van der Waals surface area contributed by atoms with Gasteiger partial charge in [0.2, 0.25) is 10.0 Å². The van der Waals surface area contributed by atoms with Crippen LogP contribution in [0.5, 0.6) is 0 Å². The summed E-state index contributed by atoms with van der Waals surface area (Å²) in [6.45, 7) is 0.432. The van der Waals surface area contributed by atoms with Crippen LogP contribution in [-0.2, 0) is 14.8 Å². The highest BCUT2D eigenvalue weighted by Gasteiger charge is 2.15. The van der Waals surface area contributed by atoms with Crippen LogP contribution in [0.1, 0.15) is 6.42 Å². The van der Waals surface area contributed by atoms with Crippen LogP contribution in [0.2, 0.25) is 0 Å². The van der Waals surface area contributed by atoms with Crippen LogP contribution in [0.15, 0.2) is 0 Å². The van der Waals surface area contributed by atoms with Gasteiger partial charge in [0.1, 0.15) is 0 Å². The SMILES string of the molecule is COCCCS(=O)(=O)N(C)CCO. The molecule has 0 fully saturated rings. The van der Waals surface area contributed by atoms with Gasteiger partial charge in [-0.2, -0.15) is 0 Å². The van der Waals surface area contributed by atoms with Gasteiger partial charge in [-0.1, -0.05) is 0 Å². The smallest absolute Gasteiger partial charge is 0.214 e. The number of aliphatic hydroxyl groups is 1. The fraction of sp³-hybridized carbons (Fsp3) is 1.00. The first-order chi connectivity index (χ1) is 6.04. The summed E-state index contributed by atoms with van der Waals surface area (Å²) in [5.74, 6) is 0.0668. The molecular weight excluding hydrogens is 194 g/mol. The average molecular weight is 211 g/mol. The fourth-order valence-electron chi connectivity index (χ4n) is 0.821. The van der Waals surface area contributed by atoms with Crippen LogP contribution in [-0.4, -0.2) is 57.5 Å². The summed E-state index contributed by atoms with van der Waals surface area (Å²) in [4.78, 5) is 0. The zero-order valence-electron chi connectivity index (χ0n) is 8.06. The van der Waals surface area contributed by atoms with Gasteiger partial charge in [0.05, 0.1) is 12.4 Å². The van der Waals surface area contributed by atoms with E-state index in [1.807, 2.05) is 0 Å². The molecule has 0 aromatic rings. The van der Waals surface area contributed by atoms with Crippen molar-refractivity contribution in [1.82, 2.24) is 4.31 Å². The monoisotopic (exact) mass is 211 g/mol. The number of ether oxygens (including phenoxy) is 1. The molecule has 13 heavy (non-hydrogen) atoms. The second kappa shape index (κ2) is 6.31. The molecule has 0 aliphatic carbocycles. The molecule has 6 heteroatoms. The Morgan fingerprint density at radius 2 is 2.08 bits per heavy atom. The second-order valence-corrected chi connectivity index (χ2v) is 4.90. The zero-order valence-corrected chi connectivity index (χ0v) is 8.88. The quantitative estimate of drug-likeness (QED) is 0.564. The summed E-state index contributed by atoms with van der Waals surface area (Å²) in [7, 11) is -0.213. The van der Waals surface area contributed by atoms with Gasteiger partial charge in [0.25, 0.3) is 0 Å². The molecule has 0 saturated heterocycles. The molecule has 0 atom stereocenters. The summed E-state index contributed by atoms with van der Waals surface area (Å²) in [5.41, 5.74) is 0. The molecule has 0 amide bonds. The lowest BCUT2D eigenvalue weighted by molar-refractivity contribution is 0.199. The Bertz CT molecular complexity index is 215. The molecule has 0 aromatic heterocycles. The van der Waals surface area contributed by atoms with E-state index < -0.39 is 10.0 Å². The van der Waals surface area contributed by atoms with E-state index in [0.29, 0.717) is 13.0 Å². The molecule has 0 heterocycles. The highest BCUT2D eigenvalue weighted by Crippen LogP contribution is 1.99. The van der Waals surface area contributed by atoms with Crippen LogP contribution < -0.4 is 0 Å². The first-order valence-corrected chi connectivity index (χ1v) is 5.69. The minimum absolute atomic E-state index is 0.0668. The largest absolute Gasteiger partial charge is 0.395 e. The summed E-state index contributed by atoms with van der Waals surface area (Å²) < 4.78 is 28.6. The van der Waals surface area contributed by atoms with E-state index in [-0.39, 0.29) is 18.9 Å². The Hall–Kier alpha value is -0.170. The summed E-state index contributed by atoms with van der Waals surface area (Å²) in [5, 5.41) is 8.54. The summed E-state index contributed by atoms with van der Waals surface area (Å²) >= 11 is 0. The maximum Gasteiger partial charge on any atom is 0.214 e. The van der Waals surface area contributed by atoms with Crippen molar-refractivity contribution >= 4 is 10.0 Å². The normalized spacial score (nSPS) is 12.3. The Morgan fingerprint density at radius 1 is 1.46 bits per heavy atom. The highest BCUT2D eigenvalue weighted by atomic mass is 32.2.